The summed E-state index contributed by atoms with van der Waals surface area (Å²) in [5, 5.41) is 5.64. The number of hydrogen-bond donors (Lipinski definition) is 0. The normalized spacial score (nSPS) is 15.9. The Morgan fingerprint density at radius 2 is 1.88 bits per heavy atom. The van der Waals surface area contributed by atoms with Gasteiger partial charge in [0.15, 0.2) is 0 Å². The van der Waals surface area contributed by atoms with Crippen LogP contribution in [0.25, 0.3) is 10.9 Å². The highest BCUT2D eigenvalue weighted by molar-refractivity contribution is 14.1. The first-order valence-electron chi connectivity index (χ1n) is 8.10. The molecule has 130 valence electrons. The largest absolute Gasteiger partial charge is 0.444 e. The fourth-order valence-corrected chi connectivity index (χ4v) is 3.65. The van der Waals surface area contributed by atoms with Crippen LogP contribution in [0.5, 0.6) is 0 Å². The van der Waals surface area contributed by atoms with Crippen molar-refractivity contribution < 1.29 is 9.53 Å². The summed E-state index contributed by atoms with van der Waals surface area (Å²) >= 11 is 2.26. The van der Waals surface area contributed by atoms with E-state index in [-0.39, 0.29) is 6.09 Å². The first-order chi connectivity index (χ1) is 11.2. The molecule has 1 fully saturated rings. The number of aromatic nitrogens is 2. The maximum absolute atomic E-state index is 12.2. The van der Waals surface area contributed by atoms with E-state index in [1.54, 1.807) is 4.90 Å². The Hall–Kier alpha value is -1.51. The van der Waals surface area contributed by atoms with Crippen LogP contribution in [0.2, 0.25) is 0 Å². The monoisotopic (exact) mass is 442 g/mol. The van der Waals surface area contributed by atoms with Gasteiger partial charge in [-0.15, -0.1) is 0 Å². The lowest BCUT2D eigenvalue weighted by Gasteiger charge is -2.36. The van der Waals surface area contributed by atoms with E-state index in [9.17, 15) is 4.79 Å². The third-order valence-electron chi connectivity index (χ3n) is 4.09. The molecule has 7 heteroatoms. The maximum atomic E-state index is 12.2. The smallest absolute Gasteiger partial charge is 0.410 e. The molecule has 0 bridgehead atoms. The molecule has 0 unspecified atom stereocenters. The molecule has 2 aromatic rings. The lowest BCUT2D eigenvalue weighted by atomic mass is 10.2. The maximum Gasteiger partial charge on any atom is 0.410 e. The summed E-state index contributed by atoms with van der Waals surface area (Å²) in [4.78, 5) is 16.2. The lowest BCUT2D eigenvalue weighted by Crippen LogP contribution is -2.50. The molecule has 2 heterocycles. The number of anilines is 1. The Morgan fingerprint density at radius 3 is 2.50 bits per heavy atom. The van der Waals surface area contributed by atoms with E-state index in [4.69, 9.17) is 4.74 Å². The average molecular weight is 442 g/mol. The van der Waals surface area contributed by atoms with Gasteiger partial charge in [-0.2, -0.15) is 5.10 Å². The van der Waals surface area contributed by atoms with Crippen LogP contribution in [0, 0.1) is 3.70 Å². The van der Waals surface area contributed by atoms with Crippen LogP contribution in [0.3, 0.4) is 0 Å². The molecule has 1 saturated heterocycles. The molecular formula is C17H23IN4O2. The van der Waals surface area contributed by atoms with Crippen LogP contribution >= 0.6 is 22.6 Å². The molecule has 3 rings (SSSR count). The summed E-state index contributed by atoms with van der Waals surface area (Å²) in [6, 6.07) is 6.43. The zero-order valence-corrected chi connectivity index (χ0v) is 16.7. The number of piperazine rings is 1. The highest BCUT2D eigenvalue weighted by Crippen LogP contribution is 2.26. The molecule has 1 aromatic heterocycles. The Balaban J connectivity index is 1.69. The molecule has 1 aromatic carbocycles. The number of halogens is 1. The van der Waals surface area contributed by atoms with Crippen LogP contribution in [-0.4, -0.2) is 52.6 Å². The minimum absolute atomic E-state index is 0.223. The van der Waals surface area contributed by atoms with Crippen molar-refractivity contribution in [1.82, 2.24) is 14.7 Å². The fraction of sp³-hybridized carbons (Fsp3) is 0.529. The molecular weight excluding hydrogens is 419 g/mol. The van der Waals surface area contributed by atoms with Gasteiger partial charge >= 0.3 is 6.09 Å². The van der Waals surface area contributed by atoms with Crippen molar-refractivity contribution in [1.29, 1.82) is 0 Å². The van der Waals surface area contributed by atoms with E-state index in [1.807, 2.05) is 32.5 Å². The molecule has 0 saturated carbocycles. The van der Waals surface area contributed by atoms with Crippen molar-refractivity contribution in [2.75, 3.05) is 31.1 Å². The lowest BCUT2D eigenvalue weighted by molar-refractivity contribution is 0.0240. The number of rotatable bonds is 1. The first kappa shape index (κ1) is 17.3. The number of nitrogens with zero attached hydrogens (tertiary/aromatic N) is 4. The summed E-state index contributed by atoms with van der Waals surface area (Å²) in [6.45, 7) is 8.65. The second-order valence-electron chi connectivity index (χ2n) is 7.07. The Morgan fingerprint density at radius 1 is 1.21 bits per heavy atom. The third kappa shape index (κ3) is 3.60. The minimum Gasteiger partial charge on any atom is -0.444 e. The highest BCUT2D eigenvalue weighted by atomic mass is 127. The van der Waals surface area contributed by atoms with Gasteiger partial charge in [0.05, 0.1) is 5.52 Å². The number of fused-ring (bicyclic) bond motifs is 1. The molecule has 0 radical (unpaired) electrons. The van der Waals surface area contributed by atoms with Gasteiger partial charge in [-0.25, -0.2) is 4.79 Å². The summed E-state index contributed by atoms with van der Waals surface area (Å²) < 4.78 is 8.38. The van der Waals surface area contributed by atoms with Gasteiger partial charge in [0.2, 0.25) is 0 Å². The second kappa shape index (κ2) is 6.42. The van der Waals surface area contributed by atoms with E-state index in [1.165, 1.54) is 11.1 Å². The number of carbonyl (C=O) groups excluding carboxylic acids is 1. The summed E-state index contributed by atoms with van der Waals surface area (Å²) in [5.74, 6) is 0. The van der Waals surface area contributed by atoms with Crippen LogP contribution < -0.4 is 4.90 Å². The zero-order chi connectivity index (χ0) is 17.5. The van der Waals surface area contributed by atoms with Gasteiger partial charge < -0.3 is 14.5 Å². The van der Waals surface area contributed by atoms with Crippen molar-refractivity contribution >= 4 is 45.3 Å². The first-order valence-corrected chi connectivity index (χ1v) is 9.17. The Labute approximate surface area is 155 Å². The van der Waals surface area contributed by atoms with E-state index in [0.717, 1.165) is 22.3 Å². The number of amides is 1. The standard InChI is InChI=1S/C17H23IN4O2/c1-17(2,3)24-16(23)22-9-7-21(8-10-22)12-5-6-13-14(11-12)20(4)19-15(13)18/h5-6,11H,7-10H2,1-4H3. The van der Waals surface area contributed by atoms with Crippen molar-refractivity contribution in [3.05, 3.63) is 21.9 Å². The molecule has 1 aliphatic heterocycles. The predicted octanol–water partition coefficient (Wildman–Crippen LogP) is 3.24. The zero-order valence-electron chi connectivity index (χ0n) is 14.5. The van der Waals surface area contributed by atoms with Crippen molar-refractivity contribution in [3.63, 3.8) is 0 Å². The molecule has 24 heavy (non-hydrogen) atoms. The second-order valence-corrected chi connectivity index (χ2v) is 8.09. The summed E-state index contributed by atoms with van der Waals surface area (Å²) in [7, 11) is 1.97. The molecule has 0 spiro atoms. The number of ether oxygens (including phenoxy) is 1. The van der Waals surface area contributed by atoms with E-state index in [0.29, 0.717) is 13.1 Å². The van der Waals surface area contributed by atoms with E-state index in [2.05, 4.69) is 50.8 Å². The minimum atomic E-state index is -0.448. The highest BCUT2D eigenvalue weighted by Gasteiger charge is 2.26. The topological polar surface area (TPSA) is 50.6 Å². The molecule has 6 nitrogen and oxygen atoms in total. The predicted molar refractivity (Wildman–Crippen MR) is 103 cm³/mol. The molecule has 1 aliphatic rings. The quantitative estimate of drug-likeness (QED) is 0.637. The van der Waals surface area contributed by atoms with Crippen LogP contribution in [0.4, 0.5) is 10.5 Å². The number of hydrogen-bond acceptors (Lipinski definition) is 4. The molecule has 0 atom stereocenters. The van der Waals surface area contributed by atoms with Crippen molar-refractivity contribution in [2.24, 2.45) is 7.05 Å². The number of benzene rings is 1. The van der Waals surface area contributed by atoms with Gasteiger partial charge in [-0.1, -0.05) is 0 Å². The average Bonchev–Trinajstić information content (AvgIpc) is 2.80. The van der Waals surface area contributed by atoms with Crippen molar-refractivity contribution in [2.45, 2.75) is 26.4 Å². The molecule has 0 N–H and O–H groups in total. The Bertz CT molecular complexity index is 758. The Kier molecular flexibility index (Phi) is 4.63. The van der Waals surface area contributed by atoms with Crippen molar-refractivity contribution in [3.8, 4) is 0 Å². The fourth-order valence-electron chi connectivity index (χ4n) is 2.87. The van der Waals surface area contributed by atoms with Gasteiger partial charge in [0, 0.05) is 44.3 Å². The summed E-state index contributed by atoms with van der Waals surface area (Å²) in [5.41, 5.74) is 1.85. The molecule has 1 amide bonds. The van der Waals surface area contributed by atoms with Crippen LogP contribution in [-0.2, 0) is 11.8 Å². The number of carbonyl (C=O) groups is 1. The third-order valence-corrected chi connectivity index (χ3v) is 4.88. The van der Waals surface area contributed by atoms with E-state index < -0.39 is 5.60 Å². The number of aryl methyl sites for hydroxylation is 1. The van der Waals surface area contributed by atoms with Gasteiger partial charge in [-0.3, -0.25) is 4.68 Å². The van der Waals surface area contributed by atoms with Crippen LogP contribution in [0.15, 0.2) is 18.2 Å². The molecule has 0 aliphatic carbocycles. The summed E-state index contributed by atoms with van der Waals surface area (Å²) in [6.07, 6.45) is -0.223. The van der Waals surface area contributed by atoms with Crippen LogP contribution in [0.1, 0.15) is 20.8 Å². The van der Waals surface area contributed by atoms with Gasteiger partial charge in [-0.05, 0) is 61.6 Å². The van der Waals surface area contributed by atoms with E-state index >= 15 is 0 Å². The van der Waals surface area contributed by atoms with Gasteiger partial charge in [0.1, 0.15) is 9.30 Å². The van der Waals surface area contributed by atoms with Gasteiger partial charge in [0.25, 0.3) is 0 Å². The SMILES string of the molecule is Cn1nc(I)c2ccc(N3CCN(C(=O)OC(C)(C)C)CC3)cc21.